The second-order valence-electron chi connectivity index (χ2n) is 4.69. The Kier molecular flexibility index (Phi) is 4.82. The molecule has 2 aromatic carbocycles. The summed E-state index contributed by atoms with van der Waals surface area (Å²) in [5.41, 5.74) is 1.77. The molecule has 0 amide bonds. The van der Waals surface area contributed by atoms with Gasteiger partial charge in [-0.3, -0.25) is 0 Å². The van der Waals surface area contributed by atoms with Crippen molar-refractivity contribution in [2.45, 2.75) is 26.1 Å². The molecule has 3 heteroatoms. The zero-order valence-corrected chi connectivity index (χ0v) is 13.2. The van der Waals surface area contributed by atoms with E-state index in [1.807, 2.05) is 62.4 Å². The third kappa shape index (κ3) is 3.94. The van der Waals surface area contributed by atoms with Gasteiger partial charge in [0, 0.05) is 3.57 Å². The molecule has 2 rings (SSSR count). The number of rotatable bonds is 4. The Bertz CT molecular complexity index is 517. The van der Waals surface area contributed by atoms with E-state index < -0.39 is 6.10 Å². The van der Waals surface area contributed by atoms with Gasteiger partial charge in [-0.25, -0.2) is 0 Å². The summed E-state index contributed by atoms with van der Waals surface area (Å²) in [6.07, 6.45) is -0.433. The van der Waals surface area contributed by atoms with Gasteiger partial charge >= 0.3 is 0 Å². The van der Waals surface area contributed by atoms with E-state index in [-0.39, 0.29) is 6.10 Å². The molecule has 0 aliphatic heterocycles. The lowest BCUT2D eigenvalue weighted by Crippen LogP contribution is -2.06. The number of aliphatic hydroxyl groups excluding tert-OH is 1. The van der Waals surface area contributed by atoms with Crippen LogP contribution in [0.4, 0.5) is 0 Å². The van der Waals surface area contributed by atoms with Crippen molar-refractivity contribution < 1.29 is 9.84 Å². The molecule has 0 spiro atoms. The van der Waals surface area contributed by atoms with Crippen molar-refractivity contribution >= 4 is 22.6 Å². The lowest BCUT2D eigenvalue weighted by molar-refractivity contribution is 0.219. The second-order valence-corrected chi connectivity index (χ2v) is 5.94. The van der Waals surface area contributed by atoms with Crippen molar-refractivity contribution in [3.05, 3.63) is 63.2 Å². The molecule has 0 bridgehead atoms. The summed E-state index contributed by atoms with van der Waals surface area (Å²) in [7, 11) is 0. The predicted octanol–water partition coefficient (Wildman–Crippen LogP) is 4.16. The van der Waals surface area contributed by atoms with Crippen LogP contribution in [0.2, 0.25) is 0 Å². The Labute approximate surface area is 127 Å². The number of ether oxygens (including phenoxy) is 1. The molecule has 0 heterocycles. The highest BCUT2D eigenvalue weighted by molar-refractivity contribution is 14.1. The van der Waals surface area contributed by atoms with Crippen LogP contribution in [-0.4, -0.2) is 11.2 Å². The molecule has 2 aromatic rings. The Balaban J connectivity index is 2.15. The lowest BCUT2D eigenvalue weighted by atomic mass is 10.0. The van der Waals surface area contributed by atoms with Crippen molar-refractivity contribution in [2.24, 2.45) is 0 Å². The van der Waals surface area contributed by atoms with E-state index in [0.29, 0.717) is 0 Å². The van der Waals surface area contributed by atoms with Crippen molar-refractivity contribution in [1.29, 1.82) is 0 Å². The molecule has 1 unspecified atom stereocenters. The molecule has 0 aliphatic carbocycles. The van der Waals surface area contributed by atoms with Crippen LogP contribution in [0.3, 0.4) is 0 Å². The van der Waals surface area contributed by atoms with Crippen LogP contribution < -0.4 is 4.74 Å². The fraction of sp³-hybridized carbons (Fsp3) is 0.250. The highest BCUT2D eigenvalue weighted by Gasteiger charge is 2.10. The Hall–Kier alpha value is -1.07. The first-order valence-electron chi connectivity index (χ1n) is 6.26. The van der Waals surface area contributed by atoms with Crippen molar-refractivity contribution in [1.82, 2.24) is 0 Å². The highest BCUT2D eigenvalue weighted by Crippen LogP contribution is 2.24. The molecule has 1 atom stereocenters. The average molecular weight is 368 g/mol. The van der Waals surface area contributed by atoms with Gasteiger partial charge in [0.25, 0.3) is 0 Å². The standard InChI is InChI=1S/C16H17IO2/c1-11(2)19-15-9-5-13(6-10-15)16(18)12-3-7-14(17)8-4-12/h3-11,16,18H,1-2H3. The van der Waals surface area contributed by atoms with Gasteiger partial charge in [-0.15, -0.1) is 0 Å². The summed E-state index contributed by atoms with van der Waals surface area (Å²) in [5.74, 6) is 0.827. The van der Waals surface area contributed by atoms with E-state index >= 15 is 0 Å². The van der Waals surface area contributed by atoms with Crippen molar-refractivity contribution in [2.75, 3.05) is 0 Å². The van der Waals surface area contributed by atoms with E-state index in [4.69, 9.17) is 4.74 Å². The van der Waals surface area contributed by atoms with Gasteiger partial charge in [-0.05, 0) is 71.8 Å². The summed E-state index contributed by atoms with van der Waals surface area (Å²) in [6.45, 7) is 3.99. The minimum Gasteiger partial charge on any atom is -0.491 e. The summed E-state index contributed by atoms with van der Waals surface area (Å²) in [6, 6.07) is 15.5. The van der Waals surface area contributed by atoms with E-state index in [1.54, 1.807) is 0 Å². The SMILES string of the molecule is CC(C)Oc1ccc(C(O)c2ccc(I)cc2)cc1. The summed E-state index contributed by atoms with van der Waals surface area (Å²) < 4.78 is 6.75. The molecular formula is C16H17IO2. The van der Waals surface area contributed by atoms with Crippen LogP contribution in [0.25, 0.3) is 0 Å². The predicted molar refractivity (Wildman–Crippen MR) is 85.4 cm³/mol. The summed E-state index contributed by atoms with van der Waals surface area (Å²) in [5, 5.41) is 10.3. The monoisotopic (exact) mass is 368 g/mol. The third-order valence-electron chi connectivity index (χ3n) is 2.75. The fourth-order valence-corrected chi connectivity index (χ4v) is 2.20. The maximum atomic E-state index is 10.3. The van der Waals surface area contributed by atoms with Crippen LogP contribution in [0, 0.1) is 3.57 Å². The number of aliphatic hydroxyl groups is 1. The molecule has 0 fully saturated rings. The molecule has 0 aliphatic rings. The molecular weight excluding hydrogens is 351 g/mol. The zero-order valence-electron chi connectivity index (χ0n) is 11.0. The minimum atomic E-state index is -0.593. The molecule has 0 saturated heterocycles. The average Bonchev–Trinajstić information content (AvgIpc) is 2.39. The number of benzene rings is 2. The van der Waals surface area contributed by atoms with E-state index in [9.17, 15) is 5.11 Å². The van der Waals surface area contributed by atoms with Crippen LogP contribution in [0.5, 0.6) is 5.75 Å². The number of halogens is 1. The van der Waals surface area contributed by atoms with Crippen LogP contribution in [-0.2, 0) is 0 Å². The van der Waals surface area contributed by atoms with E-state index in [0.717, 1.165) is 20.4 Å². The molecule has 100 valence electrons. The largest absolute Gasteiger partial charge is 0.491 e. The van der Waals surface area contributed by atoms with Gasteiger partial charge in [0.15, 0.2) is 0 Å². The van der Waals surface area contributed by atoms with Gasteiger partial charge < -0.3 is 9.84 Å². The quantitative estimate of drug-likeness (QED) is 0.822. The number of hydrogen-bond donors (Lipinski definition) is 1. The molecule has 1 N–H and O–H groups in total. The van der Waals surface area contributed by atoms with Gasteiger partial charge in [0.05, 0.1) is 6.10 Å². The first-order valence-corrected chi connectivity index (χ1v) is 7.34. The van der Waals surface area contributed by atoms with Crippen LogP contribution in [0.1, 0.15) is 31.1 Å². The fourth-order valence-electron chi connectivity index (χ4n) is 1.84. The van der Waals surface area contributed by atoms with E-state index in [1.165, 1.54) is 0 Å². The summed E-state index contributed by atoms with van der Waals surface area (Å²) in [4.78, 5) is 0. The Morgan fingerprint density at radius 1 is 0.895 bits per heavy atom. The van der Waals surface area contributed by atoms with Gasteiger partial charge in [0.2, 0.25) is 0 Å². The number of hydrogen-bond acceptors (Lipinski definition) is 2. The third-order valence-corrected chi connectivity index (χ3v) is 3.47. The van der Waals surface area contributed by atoms with E-state index in [2.05, 4.69) is 22.6 Å². The van der Waals surface area contributed by atoms with Gasteiger partial charge in [-0.1, -0.05) is 24.3 Å². The van der Waals surface area contributed by atoms with Crippen LogP contribution in [0.15, 0.2) is 48.5 Å². The minimum absolute atomic E-state index is 0.159. The first kappa shape index (κ1) is 14.3. The summed E-state index contributed by atoms with van der Waals surface area (Å²) >= 11 is 2.25. The molecule has 0 aromatic heterocycles. The molecule has 2 nitrogen and oxygen atoms in total. The smallest absolute Gasteiger partial charge is 0.119 e. The maximum absolute atomic E-state index is 10.3. The molecule has 0 saturated carbocycles. The molecule has 0 radical (unpaired) electrons. The van der Waals surface area contributed by atoms with Gasteiger partial charge in [0.1, 0.15) is 11.9 Å². The lowest BCUT2D eigenvalue weighted by Gasteiger charge is -2.14. The van der Waals surface area contributed by atoms with Crippen LogP contribution >= 0.6 is 22.6 Å². The van der Waals surface area contributed by atoms with Gasteiger partial charge in [-0.2, -0.15) is 0 Å². The Morgan fingerprint density at radius 2 is 1.37 bits per heavy atom. The second kappa shape index (κ2) is 6.39. The Morgan fingerprint density at radius 3 is 1.84 bits per heavy atom. The highest BCUT2D eigenvalue weighted by atomic mass is 127. The molecule has 19 heavy (non-hydrogen) atoms. The van der Waals surface area contributed by atoms with Crippen molar-refractivity contribution in [3.63, 3.8) is 0 Å². The maximum Gasteiger partial charge on any atom is 0.119 e. The van der Waals surface area contributed by atoms with Crippen molar-refractivity contribution in [3.8, 4) is 5.75 Å². The normalized spacial score (nSPS) is 12.5. The topological polar surface area (TPSA) is 29.5 Å². The zero-order chi connectivity index (χ0) is 13.8. The first-order chi connectivity index (χ1) is 9.06.